The Kier molecular flexibility index (Phi) is 9.21. The topological polar surface area (TPSA) is 83.6 Å². The summed E-state index contributed by atoms with van der Waals surface area (Å²) in [5.41, 5.74) is 1.60. The average Bonchev–Trinajstić information content (AvgIpc) is 2.80. The minimum atomic E-state index is -1.26. The van der Waals surface area contributed by atoms with E-state index in [4.69, 9.17) is 11.6 Å². The number of benzene rings is 2. The molecule has 2 amide bonds. The van der Waals surface area contributed by atoms with Gasteiger partial charge in [-0.3, -0.25) is 18.6 Å². The largest absolute Gasteiger partial charge is 0.354 e. The zero-order valence-corrected chi connectivity index (χ0v) is 20.2. The predicted octanol–water partition coefficient (Wildman–Crippen LogP) is 4.10. The fourth-order valence-corrected chi connectivity index (χ4v) is 5.50. The Bertz CT molecular complexity index is 997. The lowest BCUT2D eigenvalue weighted by molar-refractivity contribution is -0.150. The van der Waals surface area contributed by atoms with Gasteiger partial charge in [0.2, 0.25) is 11.8 Å². The maximum absolute atomic E-state index is 12.7. The molecule has 0 aromatic heterocycles. The van der Waals surface area contributed by atoms with Crippen LogP contribution in [0.15, 0.2) is 54.6 Å². The number of halogens is 1. The van der Waals surface area contributed by atoms with Crippen LogP contribution in [0.25, 0.3) is 0 Å². The second-order valence-corrected chi connectivity index (χ2v) is 10.2. The van der Waals surface area contributed by atoms with E-state index >= 15 is 0 Å². The van der Waals surface area contributed by atoms with Gasteiger partial charge in [-0.1, -0.05) is 48.4 Å². The Morgan fingerprint density at radius 3 is 2.45 bits per heavy atom. The van der Waals surface area contributed by atoms with Crippen molar-refractivity contribution in [2.75, 3.05) is 6.54 Å². The van der Waals surface area contributed by atoms with Gasteiger partial charge in [0.25, 0.3) is 0 Å². The Morgan fingerprint density at radius 2 is 1.79 bits per heavy atom. The third-order valence-electron chi connectivity index (χ3n) is 5.75. The van der Waals surface area contributed by atoms with Crippen molar-refractivity contribution < 1.29 is 18.6 Å². The second-order valence-electron chi connectivity index (χ2n) is 8.18. The highest BCUT2D eigenvalue weighted by atomic mass is 35.5. The van der Waals surface area contributed by atoms with Crippen LogP contribution in [0, 0.1) is 0 Å². The van der Waals surface area contributed by atoms with Gasteiger partial charge in [0.1, 0.15) is 11.4 Å². The number of carbonyl (C=O) groups excluding carboxylic acids is 3. The van der Waals surface area contributed by atoms with Crippen LogP contribution < -0.4 is 5.32 Å². The Hall–Kier alpha value is -2.51. The SMILES string of the molecule is CC(C(=O)NCCCCCC(=O)c1ccc(Cl)cc1)N1C(=O)CC1S(=O)Cc1ccccc1. The summed E-state index contributed by atoms with van der Waals surface area (Å²) in [7, 11) is -1.26. The number of hydrogen-bond donors (Lipinski definition) is 1. The van der Waals surface area contributed by atoms with Gasteiger partial charge < -0.3 is 10.2 Å². The summed E-state index contributed by atoms with van der Waals surface area (Å²) in [5, 5.41) is 3.02. The van der Waals surface area contributed by atoms with Gasteiger partial charge in [-0.15, -0.1) is 0 Å². The summed E-state index contributed by atoms with van der Waals surface area (Å²) in [5.74, 6) is 0.0418. The first-order chi connectivity index (χ1) is 15.9. The number of Topliss-reactive ketones (excluding diaryl/α,β-unsaturated/α-hetero) is 1. The minimum Gasteiger partial charge on any atom is -0.354 e. The molecule has 0 saturated carbocycles. The molecule has 2 aromatic rings. The van der Waals surface area contributed by atoms with Crippen LogP contribution in [0.3, 0.4) is 0 Å². The molecule has 3 rings (SSSR count). The predicted molar refractivity (Wildman–Crippen MR) is 130 cm³/mol. The standard InChI is InChI=1S/C25H29ClN2O4S/c1-18(28-23(30)16-24(28)33(32)17-19-8-4-2-5-9-19)25(31)27-15-7-3-6-10-22(29)20-11-13-21(26)14-12-20/h2,4-5,8-9,11-14,18,24H,3,6-7,10,15-17H2,1H3,(H,27,31). The molecule has 0 spiro atoms. The summed E-state index contributed by atoms with van der Waals surface area (Å²) in [6, 6.07) is 15.7. The number of likely N-dealkylation sites (tertiary alicyclic amines) is 1. The Balaban J connectivity index is 1.36. The normalized spacial score (nSPS) is 17.2. The van der Waals surface area contributed by atoms with Crippen molar-refractivity contribution in [3.05, 3.63) is 70.7 Å². The summed E-state index contributed by atoms with van der Waals surface area (Å²) in [6.07, 6.45) is 2.93. The number of ketones is 1. The van der Waals surface area contributed by atoms with Gasteiger partial charge in [-0.25, -0.2) is 0 Å². The number of amides is 2. The molecule has 3 unspecified atom stereocenters. The van der Waals surface area contributed by atoms with E-state index in [2.05, 4.69) is 5.32 Å². The highest BCUT2D eigenvalue weighted by Gasteiger charge is 2.44. The van der Waals surface area contributed by atoms with Crippen LogP contribution in [0.5, 0.6) is 0 Å². The van der Waals surface area contributed by atoms with Gasteiger partial charge in [-0.2, -0.15) is 0 Å². The van der Waals surface area contributed by atoms with Gasteiger partial charge in [0.05, 0.1) is 12.2 Å². The van der Waals surface area contributed by atoms with Crippen LogP contribution in [0.4, 0.5) is 0 Å². The smallest absolute Gasteiger partial charge is 0.242 e. The molecule has 0 bridgehead atoms. The number of rotatable bonds is 12. The Labute approximate surface area is 202 Å². The maximum Gasteiger partial charge on any atom is 0.242 e. The van der Waals surface area contributed by atoms with Gasteiger partial charge in [0.15, 0.2) is 5.78 Å². The zero-order chi connectivity index (χ0) is 23.8. The average molecular weight is 489 g/mol. The van der Waals surface area contributed by atoms with Crippen molar-refractivity contribution in [2.24, 2.45) is 0 Å². The number of carbonyl (C=O) groups is 3. The van der Waals surface area contributed by atoms with Crippen molar-refractivity contribution in [1.82, 2.24) is 10.2 Å². The van der Waals surface area contributed by atoms with E-state index in [1.807, 2.05) is 30.3 Å². The van der Waals surface area contributed by atoms with E-state index in [0.717, 1.165) is 24.8 Å². The van der Waals surface area contributed by atoms with Crippen molar-refractivity contribution in [3.8, 4) is 0 Å². The fraction of sp³-hybridized carbons (Fsp3) is 0.400. The molecule has 1 heterocycles. The van der Waals surface area contributed by atoms with Gasteiger partial charge in [-0.05, 0) is 49.6 Å². The summed E-state index contributed by atoms with van der Waals surface area (Å²) in [6.45, 7) is 2.14. The summed E-state index contributed by atoms with van der Waals surface area (Å²) in [4.78, 5) is 38.3. The molecule has 1 aliphatic rings. The second kappa shape index (κ2) is 12.1. The van der Waals surface area contributed by atoms with Crippen molar-refractivity contribution in [1.29, 1.82) is 0 Å². The molecule has 3 atom stereocenters. The number of nitrogens with zero attached hydrogens (tertiary/aromatic N) is 1. The van der Waals surface area contributed by atoms with E-state index in [-0.39, 0.29) is 24.0 Å². The van der Waals surface area contributed by atoms with Crippen molar-refractivity contribution >= 4 is 40.0 Å². The lowest BCUT2D eigenvalue weighted by Gasteiger charge is -2.42. The molecule has 0 radical (unpaired) electrons. The maximum atomic E-state index is 12.7. The third kappa shape index (κ3) is 6.98. The summed E-state index contributed by atoms with van der Waals surface area (Å²) >= 11 is 5.84. The molecule has 1 saturated heterocycles. The van der Waals surface area contributed by atoms with E-state index in [0.29, 0.717) is 29.3 Å². The van der Waals surface area contributed by atoms with Gasteiger partial charge in [0, 0.05) is 34.4 Å². The molecule has 2 aromatic carbocycles. The lowest BCUT2D eigenvalue weighted by Crippen LogP contribution is -2.62. The molecular weight excluding hydrogens is 460 g/mol. The van der Waals surface area contributed by atoms with Crippen LogP contribution >= 0.6 is 11.6 Å². The van der Waals surface area contributed by atoms with Gasteiger partial charge >= 0.3 is 0 Å². The first-order valence-corrected chi connectivity index (χ1v) is 12.9. The van der Waals surface area contributed by atoms with Crippen molar-refractivity contribution in [3.63, 3.8) is 0 Å². The van der Waals surface area contributed by atoms with E-state index in [1.165, 1.54) is 4.90 Å². The third-order valence-corrected chi connectivity index (χ3v) is 7.62. The molecule has 176 valence electrons. The highest BCUT2D eigenvalue weighted by molar-refractivity contribution is 7.85. The minimum absolute atomic E-state index is 0.0789. The molecule has 1 aliphatic heterocycles. The van der Waals surface area contributed by atoms with Crippen LogP contribution in [-0.2, 0) is 26.1 Å². The number of β-lactam (4-membered cyclic amide) rings is 1. The first-order valence-electron chi connectivity index (χ1n) is 11.2. The van der Waals surface area contributed by atoms with Crippen LogP contribution in [-0.4, -0.2) is 44.7 Å². The lowest BCUT2D eigenvalue weighted by atomic mass is 10.0. The van der Waals surface area contributed by atoms with E-state index in [1.54, 1.807) is 31.2 Å². The van der Waals surface area contributed by atoms with E-state index < -0.39 is 22.2 Å². The number of unbranched alkanes of at least 4 members (excludes halogenated alkanes) is 2. The zero-order valence-electron chi connectivity index (χ0n) is 18.7. The summed E-state index contributed by atoms with van der Waals surface area (Å²) < 4.78 is 12.7. The first kappa shape index (κ1) is 25.1. The molecule has 6 nitrogen and oxygen atoms in total. The quantitative estimate of drug-likeness (QED) is 0.277. The van der Waals surface area contributed by atoms with Crippen molar-refractivity contribution in [2.45, 2.75) is 56.2 Å². The Morgan fingerprint density at radius 1 is 1.09 bits per heavy atom. The van der Waals surface area contributed by atoms with Crippen LogP contribution in [0.1, 0.15) is 54.9 Å². The monoisotopic (exact) mass is 488 g/mol. The molecule has 8 heteroatoms. The number of nitrogens with one attached hydrogen (secondary N) is 1. The van der Waals surface area contributed by atoms with Crippen LogP contribution in [0.2, 0.25) is 5.02 Å². The highest BCUT2D eigenvalue weighted by Crippen LogP contribution is 2.27. The van der Waals surface area contributed by atoms with E-state index in [9.17, 15) is 18.6 Å². The molecule has 1 fully saturated rings. The molecule has 33 heavy (non-hydrogen) atoms. The molecule has 0 aliphatic carbocycles. The fourth-order valence-electron chi connectivity index (χ4n) is 3.77. The molecule has 1 N–H and O–H groups in total. The molecular formula is C25H29ClN2O4S. The number of hydrogen-bond acceptors (Lipinski definition) is 4.